The van der Waals surface area contributed by atoms with Crippen LogP contribution in [0.5, 0.6) is 11.5 Å². The van der Waals surface area contributed by atoms with E-state index >= 15 is 0 Å². The standard InChI is InChI=1S/C24H24N6O2/c1-3-7-17-10-11-20(21(12-17)31-2)32-15-22-27-24-19-13-26-29(14-18-8-5-4-6-9-18)23(19)25-16-30(24)28-22/h4-6,8-13,16H,3,7,14-15H2,1-2H3. The van der Waals surface area contributed by atoms with Crippen molar-refractivity contribution in [3.63, 3.8) is 0 Å². The number of aryl methyl sites for hydroxylation is 1. The van der Waals surface area contributed by atoms with Gasteiger partial charge in [0.05, 0.1) is 25.2 Å². The maximum atomic E-state index is 5.97. The van der Waals surface area contributed by atoms with E-state index in [1.54, 1.807) is 24.1 Å². The van der Waals surface area contributed by atoms with Crippen molar-refractivity contribution in [1.29, 1.82) is 0 Å². The van der Waals surface area contributed by atoms with Gasteiger partial charge in [0.15, 0.2) is 28.6 Å². The molecule has 0 aliphatic heterocycles. The summed E-state index contributed by atoms with van der Waals surface area (Å²) in [7, 11) is 1.65. The molecule has 0 atom stereocenters. The molecule has 0 bridgehead atoms. The third-order valence-corrected chi connectivity index (χ3v) is 5.32. The van der Waals surface area contributed by atoms with E-state index in [-0.39, 0.29) is 6.61 Å². The van der Waals surface area contributed by atoms with Gasteiger partial charge < -0.3 is 9.47 Å². The lowest BCUT2D eigenvalue weighted by atomic mass is 10.1. The molecule has 0 fully saturated rings. The maximum Gasteiger partial charge on any atom is 0.189 e. The third-order valence-electron chi connectivity index (χ3n) is 5.32. The van der Waals surface area contributed by atoms with Crippen LogP contribution in [0.4, 0.5) is 0 Å². The molecule has 8 nitrogen and oxygen atoms in total. The Morgan fingerprint density at radius 2 is 1.84 bits per heavy atom. The third kappa shape index (κ3) is 3.87. The number of hydrogen-bond acceptors (Lipinski definition) is 6. The molecular formula is C24H24N6O2. The van der Waals surface area contributed by atoms with Crippen LogP contribution in [0.15, 0.2) is 61.1 Å². The summed E-state index contributed by atoms with van der Waals surface area (Å²) in [5.41, 5.74) is 3.87. The molecule has 0 aliphatic rings. The number of methoxy groups -OCH3 is 1. The molecule has 0 aliphatic carbocycles. The van der Waals surface area contributed by atoms with Gasteiger partial charge in [-0.3, -0.25) is 0 Å². The molecule has 3 heterocycles. The molecule has 0 spiro atoms. The van der Waals surface area contributed by atoms with Crippen molar-refractivity contribution >= 4 is 16.7 Å². The average Bonchev–Trinajstić information content (AvgIpc) is 3.42. The van der Waals surface area contributed by atoms with Crippen molar-refractivity contribution < 1.29 is 9.47 Å². The highest BCUT2D eigenvalue weighted by Gasteiger charge is 2.14. The first kappa shape index (κ1) is 20.0. The maximum absolute atomic E-state index is 5.97. The van der Waals surface area contributed by atoms with Crippen LogP contribution in [0.3, 0.4) is 0 Å². The number of ether oxygens (including phenoxy) is 2. The van der Waals surface area contributed by atoms with Crippen LogP contribution in [0.2, 0.25) is 0 Å². The number of aromatic nitrogens is 6. The molecule has 0 radical (unpaired) electrons. The molecule has 0 saturated heterocycles. The fourth-order valence-corrected chi connectivity index (χ4v) is 3.76. The predicted molar refractivity (Wildman–Crippen MR) is 121 cm³/mol. The number of fused-ring (bicyclic) bond motifs is 3. The molecule has 5 rings (SSSR count). The quantitative estimate of drug-likeness (QED) is 0.371. The second-order valence-electron chi connectivity index (χ2n) is 7.59. The summed E-state index contributed by atoms with van der Waals surface area (Å²) in [6, 6.07) is 16.2. The molecule has 0 unspecified atom stereocenters. The summed E-state index contributed by atoms with van der Waals surface area (Å²) in [5.74, 6) is 1.95. The van der Waals surface area contributed by atoms with Gasteiger partial charge in [-0.05, 0) is 29.7 Å². The molecule has 5 aromatic rings. The molecule has 0 amide bonds. The van der Waals surface area contributed by atoms with Crippen LogP contribution in [0.25, 0.3) is 16.7 Å². The van der Waals surface area contributed by atoms with Crippen molar-refractivity contribution in [3.8, 4) is 11.5 Å². The smallest absolute Gasteiger partial charge is 0.189 e. The van der Waals surface area contributed by atoms with Gasteiger partial charge in [0, 0.05) is 0 Å². The van der Waals surface area contributed by atoms with Crippen molar-refractivity contribution in [2.24, 2.45) is 0 Å². The Hall–Kier alpha value is -3.94. The van der Waals surface area contributed by atoms with E-state index in [0.717, 1.165) is 29.4 Å². The zero-order valence-corrected chi connectivity index (χ0v) is 18.1. The summed E-state index contributed by atoms with van der Waals surface area (Å²) < 4.78 is 15.0. The van der Waals surface area contributed by atoms with Crippen LogP contribution < -0.4 is 9.47 Å². The van der Waals surface area contributed by atoms with Gasteiger partial charge in [-0.15, -0.1) is 5.10 Å². The van der Waals surface area contributed by atoms with E-state index in [4.69, 9.17) is 9.47 Å². The molecule has 3 aromatic heterocycles. The molecule has 2 aromatic carbocycles. The van der Waals surface area contributed by atoms with E-state index < -0.39 is 0 Å². The minimum absolute atomic E-state index is 0.227. The van der Waals surface area contributed by atoms with E-state index in [2.05, 4.69) is 45.3 Å². The Kier molecular flexibility index (Phi) is 5.41. The van der Waals surface area contributed by atoms with Gasteiger partial charge in [0.2, 0.25) is 0 Å². The highest BCUT2D eigenvalue weighted by molar-refractivity contribution is 5.88. The normalized spacial score (nSPS) is 11.3. The van der Waals surface area contributed by atoms with Crippen LogP contribution in [0.1, 0.15) is 30.3 Å². The number of benzene rings is 2. The SMILES string of the molecule is CCCc1ccc(OCc2nc3c4cnn(Cc5ccccc5)c4ncn3n2)c(OC)c1. The highest BCUT2D eigenvalue weighted by Crippen LogP contribution is 2.29. The molecule has 8 heteroatoms. The highest BCUT2D eigenvalue weighted by atomic mass is 16.5. The minimum Gasteiger partial charge on any atom is -0.493 e. The van der Waals surface area contributed by atoms with Gasteiger partial charge in [0.25, 0.3) is 0 Å². The Labute approximate surface area is 185 Å². The Bertz CT molecular complexity index is 1360. The van der Waals surface area contributed by atoms with Crippen molar-refractivity contribution in [2.45, 2.75) is 32.9 Å². The minimum atomic E-state index is 0.227. The van der Waals surface area contributed by atoms with Crippen molar-refractivity contribution in [2.75, 3.05) is 7.11 Å². The summed E-state index contributed by atoms with van der Waals surface area (Å²) in [6.07, 6.45) is 5.54. The summed E-state index contributed by atoms with van der Waals surface area (Å²) in [6.45, 7) is 3.03. The van der Waals surface area contributed by atoms with E-state index in [1.165, 1.54) is 5.56 Å². The second-order valence-corrected chi connectivity index (χ2v) is 7.59. The number of hydrogen-bond donors (Lipinski definition) is 0. The van der Waals surface area contributed by atoms with Crippen LogP contribution in [-0.2, 0) is 19.6 Å². The molecular weight excluding hydrogens is 404 g/mol. The molecule has 162 valence electrons. The van der Waals surface area contributed by atoms with E-state index in [9.17, 15) is 0 Å². The van der Waals surface area contributed by atoms with E-state index in [0.29, 0.717) is 29.5 Å². The lowest BCUT2D eigenvalue weighted by Crippen LogP contribution is -2.03. The monoisotopic (exact) mass is 428 g/mol. The van der Waals surface area contributed by atoms with Crippen LogP contribution in [-0.4, -0.2) is 36.5 Å². The Morgan fingerprint density at radius 3 is 2.66 bits per heavy atom. The fourth-order valence-electron chi connectivity index (χ4n) is 3.76. The zero-order valence-electron chi connectivity index (χ0n) is 18.1. The lowest BCUT2D eigenvalue weighted by Gasteiger charge is -2.10. The van der Waals surface area contributed by atoms with Crippen molar-refractivity contribution in [1.82, 2.24) is 29.4 Å². The topological polar surface area (TPSA) is 79.4 Å². The first-order chi connectivity index (χ1) is 15.7. The summed E-state index contributed by atoms with van der Waals surface area (Å²) >= 11 is 0. The predicted octanol–water partition coefficient (Wildman–Crippen LogP) is 4.06. The van der Waals surface area contributed by atoms with Gasteiger partial charge in [-0.1, -0.05) is 49.7 Å². The van der Waals surface area contributed by atoms with Gasteiger partial charge in [-0.25, -0.2) is 19.2 Å². The number of nitrogens with zero attached hydrogens (tertiary/aromatic N) is 6. The molecule has 0 N–H and O–H groups in total. The molecule has 32 heavy (non-hydrogen) atoms. The van der Waals surface area contributed by atoms with E-state index in [1.807, 2.05) is 35.0 Å². The summed E-state index contributed by atoms with van der Waals surface area (Å²) in [4.78, 5) is 9.22. The lowest BCUT2D eigenvalue weighted by molar-refractivity contribution is 0.276. The Balaban J connectivity index is 1.38. The van der Waals surface area contributed by atoms with Crippen molar-refractivity contribution in [3.05, 3.63) is 78.0 Å². The molecule has 0 saturated carbocycles. The largest absolute Gasteiger partial charge is 0.493 e. The fraction of sp³-hybridized carbons (Fsp3) is 0.250. The van der Waals surface area contributed by atoms with Gasteiger partial charge in [0.1, 0.15) is 12.9 Å². The average molecular weight is 428 g/mol. The number of rotatable bonds is 8. The first-order valence-corrected chi connectivity index (χ1v) is 10.6. The van der Waals surface area contributed by atoms with Crippen LogP contribution >= 0.6 is 0 Å². The summed E-state index contributed by atoms with van der Waals surface area (Å²) in [5, 5.41) is 9.88. The Morgan fingerprint density at radius 1 is 0.969 bits per heavy atom. The van der Waals surface area contributed by atoms with Gasteiger partial charge >= 0.3 is 0 Å². The second kappa shape index (κ2) is 8.66. The first-order valence-electron chi connectivity index (χ1n) is 10.6. The zero-order chi connectivity index (χ0) is 21.9. The van der Waals surface area contributed by atoms with Gasteiger partial charge in [-0.2, -0.15) is 5.10 Å². The van der Waals surface area contributed by atoms with Crippen LogP contribution in [0, 0.1) is 0 Å².